The maximum atomic E-state index is 13.2. The van der Waals surface area contributed by atoms with Crippen molar-refractivity contribution in [1.29, 1.82) is 0 Å². The summed E-state index contributed by atoms with van der Waals surface area (Å²) in [5.74, 6) is 0. The predicted octanol–water partition coefficient (Wildman–Crippen LogP) is 7.89. The number of para-hydroxylation sites is 2. The molecule has 0 unspecified atom stereocenters. The molecule has 0 aliphatic rings. The van der Waals surface area contributed by atoms with Crippen LogP contribution in [0.1, 0.15) is 17.0 Å². The van der Waals surface area contributed by atoms with E-state index in [-0.39, 0.29) is 24.5 Å². The van der Waals surface area contributed by atoms with Crippen LogP contribution in [0.4, 0.5) is 24.5 Å². The summed E-state index contributed by atoms with van der Waals surface area (Å²) in [6.07, 6.45) is -4.44. The third kappa shape index (κ3) is 8.77. The second-order valence-corrected chi connectivity index (χ2v) is 9.44. The van der Waals surface area contributed by atoms with Gasteiger partial charge in [0.15, 0.2) is 0 Å². The molecule has 3 aromatic rings. The minimum absolute atomic E-state index is 0.0757. The number of nitrogens with zero attached hydrogens (tertiary/aromatic N) is 3. The standard InChI is InChI=1S/C20H16F3N3.2ClH.Zr/c21-20(22,23)15-11-18(13-24-16-7-3-1-4-8-16)26-19(12-15)14-25-17-9-5-2-6-10-17;;;/h1-12H,13-14H2;2*1H;/q-2;;;+4/p-2. The average molecular weight is 517 g/mol. The van der Waals surface area contributed by atoms with Crippen LogP contribution < -0.4 is 0 Å². The number of pyridine rings is 1. The van der Waals surface area contributed by atoms with Gasteiger partial charge in [0.05, 0.1) is 5.56 Å². The zero-order chi connectivity index (χ0) is 21.1. The molecule has 150 valence electrons. The SMILES string of the molecule is FC(F)(F)c1cc(C[N-]c2ccccc2)nc(C[N-]c2ccccc2)c1.[Cl][Zr+2][Cl]. The van der Waals surface area contributed by atoms with Gasteiger partial charge in [-0.3, -0.25) is 4.98 Å². The topological polar surface area (TPSA) is 41.1 Å². The summed E-state index contributed by atoms with van der Waals surface area (Å²) < 4.78 is 39.6. The summed E-state index contributed by atoms with van der Waals surface area (Å²) in [7, 11) is 9.87. The van der Waals surface area contributed by atoms with Gasteiger partial charge in [-0.05, 0) is 12.1 Å². The molecule has 3 nitrogen and oxygen atoms in total. The Balaban J connectivity index is 0.000000941. The van der Waals surface area contributed by atoms with Crippen molar-refractivity contribution in [2.75, 3.05) is 0 Å². The maximum absolute atomic E-state index is 13.2. The second-order valence-electron chi connectivity index (χ2n) is 5.71. The van der Waals surface area contributed by atoms with Crippen molar-refractivity contribution in [1.82, 2.24) is 4.98 Å². The molecule has 0 saturated heterocycles. The Hall–Kier alpha value is -1.56. The first-order valence-corrected chi connectivity index (χ1v) is 14.7. The van der Waals surface area contributed by atoms with E-state index in [1.54, 1.807) is 24.3 Å². The number of alkyl halides is 3. The molecule has 3 rings (SSSR count). The Labute approximate surface area is 186 Å². The normalized spacial score (nSPS) is 10.4. The number of halogens is 5. The molecule has 9 heteroatoms. The molecule has 0 bridgehead atoms. The van der Waals surface area contributed by atoms with Crippen molar-refractivity contribution < 1.29 is 34.0 Å². The van der Waals surface area contributed by atoms with Gasteiger partial charge in [-0.2, -0.15) is 13.2 Å². The van der Waals surface area contributed by atoms with E-state index in [0.717, 1.165) is 12.1 Å². The van der Waals surface area contributed by atoms with Crippen molar-refractivity contribution in [3.8, 4) is 0 Å². The number of hydrogen-bond donors (Lipinski definition) is 0. The molecule has 0 spiro atoms. The van der Waals surface area contributed by atoms with Gasteiger partial charge in [-0.25, -0.2) is 0 Å². The fourth-order valence-electron chi connectivity index (χ4n) is 2.39. The molecular weight excluding hydrogens is 501 g/mol. The third-order valence-corrected chi connectivity index (χ3v) is 3.62. The molecule has 0 N–H and O–H groups in total. The van der Waals surface area contributed by atoms with Gasteiger partial charge in [0.2, 0.25) is 0 Å². The van der Waals surface area contributed by atoms with E-state index in [9.17, 15) is 13.2 Å². The monoisotopic (exact) mass is 515 g/mol. The molecule has 1 aromatic heterocycles. The van der Waals surface area contributed by atoms with E-state index in [4.69, 9.17) is 17.0 Å². The fourth-order valence-corrected chi connectivity index (χ4v) is 2.39. The summed E-state index contributed by atoms with van der Waals surface area (Å²) >= 11 is -0.826. The summed E-state index contributed by atoms with van der Waals surface area (Å²) in [6.45, 7) is 0.151. The first-order chi connectivity index (χ1) is 13.9. The summed E-state index contributed by atoms with van der Waals surface area (Å²) in [5.41, 5.74) is 1.19. The van der Waals surface area contributed by atoms with Crippen LogP contribution >= 0.6 is 17.0 Å². The Morgan fingerprint density at radius 2 is 1.14 bits per heavy atom. The van der Waals surface area contributed by atoms with Gasteiger partial charge in [0.1, 0.15) is 0 Å². The van der Waals surface area contributed by atoms with Crippen LogP contribution in [0.25, 0.3) is 10.6 Å². The van der Waals surface area contributed by atoms with E-state index in [0.29, 0.717) is 11.4 Å². The van der Waals surface area contributed by atoms with Crippen molar-refractivity contribution in [2.45, 2.75) is 19.3 Å². The molecule has 0 radical (unpaired) electrons. The molecule has 0 atom stereocenters. The van der Waals surface area contributed by atoms with Gasteiger partial charge in [0.25, 0.3) is 0 Å². The quantitative estimate of drug-likeness (QED) is 0.328. The average Bonchev–Trinajstić information content (AvgIpc) is 2.72. The molecule has 0 amide bonds. The van der Waals surface area contributed by atoms with Gasteiger partial charge < -0.3 is 10.6 Å². The number of hydrogen-bond acceptors (Lipinski definition) is 1. The van der Waals surface area contributed by atoms with Crippen LogP contribution in [0.15, 0.2) is 72.8 Å². The molecular formula is C20H16Cl2F3N3Zr. The van der Waals surface area contributed by atoms with E-state index >= 15 is 0 Å². The predicted molar refractivity (Wildman–Crippen MR) is 107 cm³/mol. The van der Waals surface area contributed by atoms with Crippen molar-refractivity contribution in [3.63, 3.8) is 0 Å². The van der Waals surface area contributed by atoms with Crippen molar-refractivity contribution in [3.05, 3.63) is 100 Å². The zero-order valence-electron chi connectivity index (χ0n) is 15.1. The Morgan fingerprint density at radius 1 is 0.759 bits per heavy atom. The van der Waals surface area contributed by atoms with Crippen molar-refractivity contribution >= 4 is 28.4 Å². The third-order valence-electron chi connectivity index (χ3n) is 3.62. The second kappa shape index (κ2) is 12.2. The van der Waals surface area contributed by atoms with Crippen LogP contribution in [0.3, 0.4) is 0 Å². The molecule has 29 heavy (non-hydrogen) atoms. The van der Waals surface area contributed by atoms with Gasteiger partial charge in [-0.15, -0.1) is 11.4 Å². The number of aromatic nitrogens is 1. The Bertz CT molecular complexity index is 804. The van der Waals surface area contributed by atoms with Gasteiger partial charge in [-0.1, -0.05) is 73.8 Å². The molecule has 0 saturated carbocycles. The van der Waals surface area contributed by atoms with Crippen LogP contribution in [-0.2, 0) is 40.1 Å². The number of rotatable bonds is 6. The van der Waals surface area contributed by atoms with E-state index in [1.165, 1.54) is 0 Å². The van der Waals surface area contributed by atoms with Crippen LogP contribution in [0, 0.1) is 0 Å². The molecule has 0 aliphatic heterocycles. The van der Waals surface area contributed by atoms with Gasteiger partial charge >= 0.3 is 44.1 Å². The molecule has 0 aliphatic carbocycles. The van der Waals surface area contributed by atoms with Crippen LogP contribution in [0.2, 0.25) is 0 Å². The van der Waals surface area contributed by atoms with E-state index in [1.807, 2.05) is 36.4 Å². The van der Waals surface area contributed by atoms with E-state index < -0.39 is 32.6 Å². The molecule has 1 heterocycles. The molecule has 0 fully saturated rings. The Morgan fingerprint density at radius 3 is 1.48 bits per heavy atom. The fraction of sp³-hybridized carbons (Fsp3) is 0.150. The van der Waals surface area contributed by atoms with Crippen LogP contribution in [0.5, 0.6) is 0 Å². The first kappa shape index (κ1) is 23.7. The number of benzene rings is 2. The minimum atomic E-state index is -4.44. The summed E-state index contributed by atoms with van der Waals surface area (Å²) in [6, 6.07) is 20.2. The zero-order valence-corrected chi connectivity index (χ0v) is 19.0. The summed E-state index contributed by atoms with van der Waals surface area (Å²) in [4.78, 5) is 4.29. The first-order valence-electron chi connectivity index (χ1n) is 8.40. The Kier molecular flexibility index (Phi) is 9.99. The van der Waals surface area contributed by atoms with Crippen LogP contribution in [-0.4, -0.2) is 4.98 Å². The molecule has 2 aromatic carbocycles. The summed E-state index contributed by atoms with van der Waals surface area (Å²) in [5, 5.41) is 8.60. The van der Waals surface area contributed by atoms with E-state index in [2.05, 4.69) is 15.6 Å². The van der Waals surface area contributed by atoms with Crippen molar-refractivity contribution in [2.24, 2.45) is 0 Å². The van der Waals surface area contributed by atoms with Gasteiger partial charge in [0, 0.05) is 11.4 Å².